The Hall–Kier alpha value is -1.14. The Morgan fingerprint density at radius 2 is 2.00 bits per heavy atom. The minimum Gasteiger partial charge on any atom is -0.478 e. The van der Waals surface area contributed by atoms with E-state index in [1.54, 1.807) is 18.7 Å². The van der Waals surface area contributed by atoms with Crippen molar-refractivity contribution in [1.29, 1.82) is 0 Å². The molecule has 0 radical (unpaired) electrons. The van der Waals surface area contributed by atoms with Crippen LogP contribution in [0.5, 0.6) is 0 Å². The summed E-state index contributed by atoms with van der Waals surface area (Å²) in [5.74, 6) is -0.0555. The number of rotatable bonds is 4. The maximum Gasteiger partial charge on any atom is 0.340 e. The average molecular weight is 296 g/mol. The second kappa shape index (κ2) is 6.54. The zero-order valence-electron chi connectivity index (χ0n) is 12.0. The van der Waals surface area contributed by atoms with Crippen LogP contribution in [0.1, 0.15) is 54.5 Å². The maximum atomic E-state index is 11.4. The Morgan fingerprint density at radius 1 is 1.35 bits per heavy atom. The van der Waals surface area contributed by atoms with Crippen molar-refractivity contribution in [3.05, 3.63) is 17.1 Å². The molecule has 0 atom stereocenters. The molecule has 2 rings (SSSR count). The lowest BCUT2D eigenvalue weighted by atomic mass is 10.2. The summed E-state index contributed by atoms with van der Waals surface area (Å²) in [7, 11) is 0. The first-order chi connectivity index (χ1) is 9.49. The van der Waals surface area contributed by atoms with Crippen LogP contribution in [0.2, 0.25) is 0 Å². The van der Waals surface area contributed by atoms with Gasteiger partial charge in [0.2, 0.25) is 0 Å². The van der Waals surface area contributed by atoms with Gasteiger partial charge in [-0.05, 0) is 19.8 Å². The normalized spacial score (nSPS) is 16.6. The third kappa shape index (κ3) is 3.49. The van der Waals surface area contributed by atoms with Crippen LogP contribution in [0, 0.1) is 6.92 Å². The van der Waals surface area contributed by atoms with Crippen LogP contribution in [0.3, 0.4) is 0 Å². The summed E-state index contributed by atoms with van der Waals surface area (Å²) in [5.41, 5.74) is 0.789. The molecule has 1 aromatic heterocycles. The first kappa shape index (κ1) is 15.3. The van der Waals surface area contributed by atoms with E-state index in [1.807, 2.05) is 13.8 Å². The van der Waals surface area contributed by atoms with Crippen molar-refractivity contribution in [3.8, 4) is 0 Å². The summed E-state index contributed by atoms with van der Waals surface area (Å²) in [4.78, 5) is 20.2. The van der Waals surface area contributed by atoms with Crippen molar-refractivity contribution in [2.24, 2.45) is 0 Å². The van der Waals surface area contributed by atoms with E-state index in [9.17, 15) is 9.90 Å². The number of aromatic nitrogens is 2. The van der Waals surface area contributed by atoms with Gasteiger partial charge in [-0.15, -0.1) is 11.8 Å². The molecule has 1 saturated heterocycles. The molecular weight excluding hydrogens is 276 g/mol. The number of ether oxygens (including phenoxy) is 1. The van der Waals surface area contributed by atoms with E-state index < -0.39 is 5.97 Å². The minimum absolute atomic E-state index is 0.186. The smallest absolute Gasteiger partial charge is 0.340 e. The molecular formula is C14H20N2O3S. The maximum absolute atomic E-state index is 11.4. The van der Waals surface area contributed by atoms with Crippen LogP contribution >= 0.6 is 11.8 Å². The molecule has 0 unspecified atom stereocenters. The Morgan fingerprint density at radius 3 is 2.55 bits per heavy atom. The summed E-state index contributed by atoms with van der Waals surface area (Å²) in [6, 6.07) is 0. The molecule has 0 bridgehead atoms. The van der Waals surface area contributed by atoms with E-state index in [4.69, 9.17) is 4.74 Å². The number of aromatic carboxylic acids is 1. The Labute approximate surface area is 123 Å². The SMILES string of the molecule is Cc1nc(C(C)C)nc(SC2CCOCC2)c1C(=O)O. The molecule has 1 N–H and O–H groups in total. The average Bonchev–Trinajstić information content (AvgIpc) is 2.38. The number of carbonyl (C=O) groups is 1. The quantitative estimate of drug-likeness (QED) is 0.861. The van der Waals surface area contributed by atoms with Crippen molar-refractivity contribution in [2.45, 2.75) is 49.8 Å². The zero-order valence-corrected chi connectivity index (χ0v) is 12.9. The molecule has 0 amide bonds. The molecule has 0 aliphatic carbocycles. The highest BCUT2D eigenvalue weighted by Gasteiger charge is 2.23. The van der Waals surface area contributed by atoms with Crippen molar-refractivity contribution in [3.63, 3.8) is 0 Å². The monoisotopic (exact) mass is 296 g/mol. The number of carboxylic acid groups (broad SMARTS) is 1. The Kier molecular flexibility index (Phi) is 4.99. The lowest BCUT2D eigenvalue weighted by molar-refractivity contribution is 0.0690. The first-order valence-corrected chi connectivity index (χ1v) is 7.73. The fourth-order valence-corrected chi connectivity index (χ4v) is 3.35. The summed E-state index contributed by atoms with van der Waals surface area (Å²) < 4.78 is 5.34. The largest absolute Gasteiger partial charge is 0.478 e. The summed E-state index contributed by atoms with van der Waals surface area (Å²) >= 11 is 1.55. The van der Waals surface area contributed by atoms with E-state index in [1.165, 1.54) is 0 Å². The highest BCUT2D eigenvalue weighted by molar-refractivity contribution is 7.99. The van der Waals surface area contributed by atoms with Crippen LogP contribution in [0.4, 0.5) is 0 Å². The standard InChI is InChI=1S/C14H20N2O3S/c1-8(2)12-15-9(3)11(14(17)18)13(16-12)20-10-4-6-19-7-5-10/h8,10H,4-7H2,1-3H3,(H,17,18). The predicted molar refractivity (Wildman–Crippen MR) is 77.5 cm³/mol. The predicted octanol–water partition coefficient (Wildman–Crippen LogP) is 2.88. The van der Waals surface area contributed by atoms with Gasteiger partial charge in [0, 0.05) is 24.4 Å². The Balaban J connectivity index is 2.34. The van der Waals surface area contributed by atoms with Crippen LogP contribution in [0.15, 0.2) is 5.03 Å². The molecule has 20 heavy (non-hydrogen) atoms. The van der Waals surface area contributed by atoms with Crippen molar-refractivity contribution in [2.75, 3.05) is 13.2 Å². The van der Waals surface area contributed by atoms with E-state index in [0.29, 0.717) is 21.8 Å². The van der Waals surface area contributed by atoms with E-state index >= 15 is 0 Å². The van der Waals surface area contributed by atoms with Gasteiger partial charge >= 0.3 is 5.97 Å². The number of nitrogens with zero attached hydrogens (tertiary/aromatic N) is 2. The topological polar surface area (TPSA) is 72.3 Å². The Bertz CT molecular complexity index is 499. The van der Waals surface area contributed by atoms with Gasteiger partial charge in [0.15, 0.2) is 0 Å². The van der Waals surface area contributed by atoms with Crippen LogP contribution in [-0.2, 0) is 4.74 Å². The van der Waals surface area contributed by atoms with Gasteiger partial charge in [0.25, 0.3) is 0 Å². The van der Waals surface area contributed by atoms with Gasteiger partial charge in [0.05, 0.1) is 5.69 Å². The fraction of sp³-hybridized carbons (Fsp3) is 0.643. The molecule has 6 heteroatoms. The van der Waals surface area contributed by atoms with Crippen molar-refractivity contribution in [1.82, 2.24) is 9.97 Å². The lowest BCUT2D eigenvalue weighted by Gasteiger charge is -2.22. The number of hydrogen-bond donors (Lipinski definition) is 1. The molecule has 0 aromatic carbocycles. The van der Waals surface area contributed by atoms with Gasteiger partial charge in [-0.2, -0.15) is 0 Å². The summed E-state index contributed by atoms with van der Waals surface area (Å²) in [6.45, 7) is 7.24. The molecule has 1 aliphatic rings. The third-order valence-corrected chi connectivity index (χ3v) is 4.57. The number of thioether (sulfide) groups is 1. The van der Waals surface area contributed by atoms with Gasteiger partial charge in [-0.25, -0.2) is 14.8 Å². The highest BCUT2D eigenvalue weighted by Crippen LogP contribution is 2.32. The molecule has 2 heterocycles. The number of aryl methyl sites for hydroxylation is 1. The van der Waals surface area contributed by atoms with E-state index in [2.05, 4.69) is 9.97 Å². The van der Waals surface area contributed by atoms with Crippen molar-refractivity contribution < 1.29 is 14.6 Å². The van der Waals surface area contributed by atoms with E-state index in [0.717, 1.165) is 26.1 Å². The third-order valence-electron chi connectivity index (χ3n) is 3.25. The fourth-order valence-electron chi connectivity index (χ4n) is 2.11. The van der Waals surface area contributed by atoms with Crippen LogP contribution in [-0.4, -0.2) is 39.5 Å². The second-order valence-corrected chi connectivity index (χ2v) is 6.53. The first-order valence-electron chi connectivity index (χ1n) is 6.85. The molecule has 1 fully saturated rings. The van der Waals surface area contributed by atoms with Gasteiger partial charge in [-0.3, -0.25) is 0 Å². The lowest BCUT2D eigenvalue weighted by Crippen LogP contribution is -2.19. The molecule has 1 aromatic rings. The van der Waals surface area contributed by atoms with Crippen molar-refractivity contribution >= 4 is 17.7 Å². The minimum atomic E-state index is -0.952. The van der Waals surface area contributed by atoms with Crippen LogP contribution in [0.25, 0.3) is 0 Å². The van der Waals surface area contributed by atoms with Gasteiger partial charge in [0.1, 0.15) is 16.4 Å². The molecule has 0 saturated carbocycles. The van der Waals surface area contributed by atoms with E-state index in [-0.39, 0.29) is 11.5 Å². The molecule has 0 spiro atoms. The summed E-state index contributed by atoms with van der Waals surface area (Å²) in [6.07, 6.45) is 1.87. The summed E-state index contributed by atoms with van der Waals surface area (Å²) in [5, 5.41) is 10.4. The molecule has 1 aliphatic heterocycles. The zero-order chi connectivity index (χ0) is 14.7. The molecule has 5 nitrogen and oxygen atoms in total. The highest BCUT2D eigenvalue weighted by atomic mass is 32.2. The van der Waals surface area contributed by atoms with Gasteiger partial charge in [-0.1, -0.05) is 13.8 Å². The van der Waals surface area contributed by atoms with Crippen LogP contribution < -0.4 is 0 Å². The number of hydrogen-bond acceptors (Lipinski definition) is 5. The number of carboxylic acids is 1. The van der Waals surface area contributed by atoms with Gasteiger partial charge < -0.3 is 9.84 Å². The second-order valence-electron chi connectivity index (χ2n) is 5.24. The molecule has 110 valence electrons.